The highest BCUT2D eigenvalue weighted by molar-refractivity contribution is 6.01. The van der Waals surface area contributed by atoms with Crippen molar-refractivity contribution in [3.05, 3.63) is 71.3 Å². The van der Waals surface area contributed by atoms with Gasteiger partial charge in [0.25, 0.3) is 0 Å². The van der Waals surface area contributed by atoms with Crippen LogP contribution in [0, 0.1) is 11.6 Å². The molecule has 0 N–H and O–H groups in total. The summed E-state index contributed by atoms with van der Waals surface area (Å²) in [6.07, 6.45) is 0. The topological polar surface area (TPSA) is 24.7 Å². The van der Waals surface area contributed by atoms with Crippen LogP contribution in [0.4, 0.5) is 8.78 Å². The summed E-state index contributed by atoms with van der Waals surface area (Å²) in [6.45, 7) is 3.60. The summed E-state index contributed by atoms with van der Waals surface area (Å²) in [5.41, 5.74) is 2.99. The SMILES string of the molecule is CC(=N/N=C(\C)c1ccc(F)cc1)c1ccc(F)cc1. The van der Waals surface area contributed by atoms with E-state index in [9.17, 15) is 8.78 Å². The molecular formula is C16H14F2N2. The van der Waals surface area contributed by atoms with Crippen LogP contribution in [-0.2, 0) is 0 Å². The maximum absolute atomic E-state index is 12.8. The molecule has 0 saturated carbocycles. The molecule has 0 heterocycles. The molecule has 2 nitrogen and oxygen atoms in total. The highest BCUT2D eigenvalue weighted by atomic mass is 19.1. The average Bonchev–Trinajstić information content (AvgIpc) is 2.46. The number of hydrogen-bond acceptors (Lipinski definition) is 2. The minimum Gasteiger partial charge on any atom is -0.207 e. The third-order valence-corrected chi connectivity index (χ3v) is 2.87. The van der Waals surface area contributed by atoms with Gasteiger partial charge in [-0.05, 0) is 49.2 Å². The van der Waals surface area contributed by atoms with E-state index in [1.807, 2.05) is 0 Å². The van der Waals surface area contributed by atoms with Gasteiger partial charge in [0.15, 0.2) is 0 Å². The highest BCUT2D eigenvalue weighted by Crippen LogP contribution is 2.07. The first kappa shape index (κ1) is 14.1. The summed E-state index contributed by atoms with van der Waals surface area (Å²) in [5.74, 6) is -0.569. The first-order chi connectivity index (χ1) is 9.56. The van der Waals surface area contributed by atoms with Crippen LogP contribution in [0.5, 0.6) is 0 Å². The standard InChI is InChI=1S/C16H14F2N2/c1-11(13-3-7-15(17)8-4-13)19-20-12(2)14-5-9-16(18)10-6-14/h3-10H,1-2H3/b19-11+,20-12?. The Morgan fingerprint density at radius 3 is 1.25 bits per heavy atom. The van der Waals surface area contributed by atoms with Gasteiger partial charge >= 0.3 is 0 Å². The van der Waals surface area contributed by atoms with Gasteiger partial charge in [-0.2, -0.15) is 10.2 Å². The van der Waals surface area contributed by atoms with Gasteiger partial charge in [0.1, 0.15) is 11.6 Å². The minimum absolute atomic E-state index is 0.285. The van der Waals surface area contributed by atoms with Crippen LogP contribution in [-0.4, -0.2) is 11.4 Å². The van der Waals surface area contributed by atoms with Crippen molar-refractivity contribution >= 4 is 11.4 Å². The molecule has 0 spiro atoms. The zero-order chi connectivity index (χ0) is 14.5. The van der Waals surface area contributed by atoms with E-state index in [1.54, 1.807) is 38.1 Å². The Hall–Kier alpha value is -2.36. The molecule has 0 saturated heterocycles. The lowest BCUT2D eigenvalue weighted by Crippen LogP contribution is -1.97. The molecule has 0 aliphatic rings. The first-order valence-corrected chi connectivity index (χ1v) is 6.17. The molecule has 0 unspecified atom stereocenters. The Morgan fingerprint density at radius 1 is 0.650 bits per heavy atom. The molecule has 20 heavy (non-hydrogen) atoms. The number of halogens is 2. The first-order valence-electron chi connectivity index (χ1n) is 6.17. The van der Waals surface area contributed by atoms with Crippen molar-refractivity contribution in [2.24, 2.45) is 10.2 Å². The van der Waals surface area contributed by atoms with Crippen molar-refractivity contribution in [3.8, 4) is 0 Å². The van der Waals surface area contributed by atoms with Crippen LogP contribution in [0.3, 0.4) is 0 Å². The fourth-order valence-corrected chi connectivity index (χ4v) is 1.65. The summed E-state index contributed by atoms with van der Waals surface area (Å²) in [4.78, 5) is 0. The van der Waals surface area contributed by atoms with E-state index in [2.05, 4.69) is 10.2 Å². The molecule has 2 aromatic carbocycles. The second-order valence-corrected chi connectivity index (χ2v) is 4.38. The Balaban J connectivity index is 2.19. The van der Waals surface area contributed by atoms with Crippen molar-refractivity contribution in [2.45, 2.75) is 13.8 Å². The van der Waals surface area contributed by atoms with E-state index >= 15 is 0 Å². The van der Waals surface area contributed by atoms with Gasteiger partial charge in [-0.15, -0.1) is 0 Å². The molecule has 0 atom stereocenters. The van der Waals surface area contributed by atoms with E-state index in [-0.39, 0.29) is 11.6 Å². The third kappa shape index (κ3) is 3.57. The van der Waals surface area contributed by atoms with E-state index in [1.165, 1.54) is 24.3 Å². The molecule has 102 valence electrons. The molecule has 0 bridgehead atoms. The van der Waals surface area contributed by atoms with Crippen LogP contribution in [0.15, 0.2) is 58.7 Å². The van der Waals surface area contributed by atoms with Gasteiger partial charge in [-0.25, -0.2) is 8.78 Å². The maximum Gasteiger partial charge on any atom is 0.123 e. The van der Waals surface area contributed by atoms with Crippen molar-refractivity contribution in [1.29, 1.82) is 0 Å². The Kier molecular flexibility index (Phi) is 4.35. The average molecular weight is 272 g/mol. The molecule has 2 rings (SSSR count). The van der Waals surface area contributed by atoms with E-state index in [4.69, 9.17) is 0 Å². The van der Waals surface area contributed by atoms with Gasteiger partial charge in [-0.3, -0.25) is 0 Å². The van der Waals surface area contributed by atoms with Gasteiger partial charge in [-0.1, -0.05) is 24.3 Å². The molecule has 4 heteroatoms. The minimum atomic E-state index is -0.285. The van der Waals surface area contributed by atoms with Crippen LogP contribution in [0.1, 0.15) is 25.0 Å². The Morgan fingerprint density at radius 2 is 0.950 bits per heavy atom. The molecule has 0 aliphatic heterocycles. The number of rotatable bonds is 3. The highest BCUT2D eigenvalue weighted by Gasteiger charge is 1.99. The quantitative estimate of drug-likeness (QED) is 0.591. The fourth-order valence-electron chi connectivity index (χ4n) is 1.65. The second-order valence-electron chi connectivity index (χ2n) is 4.38. The summed E-state index contributed by atoms with van der Waals surface area (Å²) in [5, 5.41) is 8.22. The summed E-state index contributed by atoms with van der Waals surface area (Å²) < 4.78 is 25.6. The lowest BCUT2D eigenvalue weighted by atomic mass is 10.1. The van der Waals surface area contributed by atoms with E-state index in [0.717, 1.165) is 11.1 Å². The third-order valence-electron chi connectivity index (χ3n) is 2.87. The van der Waals surface area contributed by atoms with Gasteiger partial charge in [0.2, 0.25) is 0 Å². The molecule has 0 aliphatic carbocycles. The Labute approximate surface area is 116 Å². The molecule has 0 aromatic heterocycles. The van der Waals surface area contributed by atoms with Crippen LogP contribution < -0.4 is 0 Å². The van der Waals surface area contributed by atoms with Crippen LogP contribution in [0.2, 0.25) is 0 Å². The van der Waals surface area contributed by atoms with Gasteiger partial charge < -0.3 is 0 Å². The molecule has 0 amide bonds. The largest absolute Gasteiger partial charge is 0.207 e. The summed E-state index contributed by atoms with van der Waals surface area (Å²) in [7, 11) is 0. The fraction of sp³-hybridized carbons (Fsp3) is 0.125. The van der Waals surface area contributed by atoms with Crippen molar-refractivity contribution in [2.75, 3.05) is 0 Å². The second kappa shape index (κ2) is 6.19. The monoisotopic (exact) mass is 272 g/mol. The zero-order valence-electron chi connectivity index (χ0n) is 11.3. The van der Waals surface area contributed by atoms with Crippen molar-refractivity contribution in [3.63, 3.8) is 0 Å². The smallest absolute Gasteiger partial charge is 0.123 e. The maximum atomic E-state index is 12.8. The predicted octanol–water partition coefficient (Wildman–Crippen LogP) is 4.20. The Bertz CT molecular complexity index is 582. The lowest BCUT2D eigenvalue weighted by molar-refractivity contribution is 0.627. The van der Waals surface area contributed by atoms with Gasteiger partial charge in [0.05, 0.1) is 11.4 Å². The van der Waals surface area contributed by atoms with Crippen molar-refractivity contribution in [1.82, 2.24) is 0 Å². The zero-order valence-corrected chi connectivity index (χ0v) is 11.3. The van der Waals surface area contributed by atoms with Crippen LogP contribution in [0.25, 0.3) is 0 Å². The number of benzene rings is 2. The lowest BCUT2D eigenvalue weighted by Gasteiger charge is -2.00. The van der Waals surface area contributed by atoms with E-state index < -0.39 is 0 Å². The van der Waals surface area contributed by atoms with Crippen LogP contribution >= 0.6 is 0 Å². The van der Waals surface area contributed by atoms with Gasteiger partial charge in [0, 0.05) is 0 Å². The van der Waals surface area contributed by atoms with E-state index in [0.29, 0.717) is 11.4 Å². The number of hydrogen-bond donors (Lipinski definition) is 0. The summed E-state index contributed by atoms with van der Waals surface area (Å²) >= 11 is 0. The number of nitrogens with zero attached hydrogens (tertiary/aromatic N) is 2. The molecule has 0 fully saturated rings. The summed E-state index contributed by atoms with van der Waals surface area (Å²) in [6, 6.07) is 12.1. The van der Waals surface area contributed by atoms with Crippen molar-refractivity contribution < 1.29 is 8.78 Å². The predicted molar refractivity (Wildman–Crippen MR) is 77.2 cm³/mol. The molecular weight excluding hydrogens is 258 g/mol. The molecule has 2 aromatic rings. The molecule has 0 radical (unpaired) electrons. The normalized spacial score (nSPS) is 12.6.